The largest absolute Gasteiger partial charge is 0.494 e. The highest BCUT2D eigenvalue weighted by Gasteiger charge is 2.32. The number of nitrogens with zero attached hydrogens (tertiary/aromatic N) is 2. The van der Waals surface area contributed by atoms with Gasteiger partial charge in [0.2, 0.25) is 5.91 Å². The van der Waals surface area contributed by atoms with E-state index in [-0.39, 0.29) is 12.0 Å². The Labute approximate surface area is 321 Å². The molecule has 0 aliphatic heterocycles. The molecule has 2 amide bonds. The van der Waals surface area contributed by atoms with E-state index >= 15 is 0 Å². The summed E-state index contributed by atoms with van der Waals surface area (Å²) in [5.74, 6) is -0.801. The summed E-state index contributed by atoms with van der Waals surface area (Å²) in [6.45, 7) is 5.23. The zero-order chi connectivity index (χ0) is 39.0. The maximum Gasteiger partial charge on any atom is 0.329 e. The number of hydrogen-bond acceptors (Lipinski definition) is 8. The number of aliphatic hydroxyl groups is 1. The molecule has 1 aromatic heterocycles. The van der Waals surface area contributed by atoms with Gasteiger partial charge in [0.25, 0.3) is 5.91 Å². The molecule has 11 nitrogen and oxygen atoms in total. The van der Waals surface area contributed by atoms with Crippen LogP contribution in [0, 0.1) is 0 Å². The first-order valence-corrected chi connectivity index (χ1v) is 18.7. The lowest BCUT2D eigenvalue weighted by molar-refractivity contribution is -0.145. The molecule has 0 fully saturated rings. The van der Waals surface area contributed by atoms with Crippen LogP contribution in [0.3, 0.4) is 0 Å². The number of carbonyl (C=O) groups excluding carboxylic acids is 2. The summed E-state index contributed by atoms with van der Waals surface area (Å²) >= 11 is 0. The van der Waals surface area contributed by atoms with E-state index in [0.717, 1.165) is 28.9 Å². The molecule has 2 unspecified atom stereocenters. The van der Waals surface area contributed by atoms with Gasteiger partial charge in [-0.15, -0.1) is 0 Å². The van der Waals surface area contributed by atoms with Gasteiger partial charge < -0.3 is 30.3 Å². The summed E-state index contributed by atoms with van der Waals surface area (Å²) in [4.78, 5) is 48.4. The molecule has 0 bridgehead atoms. The van der Waals surface area contributed by atoms with Gasteiger partial charge in [0.1, 0.15) is 23.6 Å². The Kier molecular flexibility index (Phi) is 14.9. The molecular formula is C44H48N4O7. The number of hydrogen-bond donors (Lipinski definition) is 4. The van der Waals surface area contributed by atoms with Crippen molar-refractivity contribution in [2.45, 2.75) is 70.6 Å². The fourth-order valence-electron chi connectivity index (χ4n) is 5.98. The molecule has 0 aliphatic rings. The maximum absolute atomic E-state index is 13.7. The minimum atomic E-state index is -1.67. The summed E-state index contributed by atoms with van der Waals surface area (Å²) in [5, 5.41) is 26.0. The van der Waals surface area contributed by atoms with Crippen molar-refractivity contribution in [3.05, 3.63) is 132 Å². The second-order valence-electron chi connectivity index (χ2n) is 13.1. The molecule has 0 spiro atoms. The number of carboxylic acids is 1. The number of carboxylic acid groups (broad SMARTS) is 1. The lowest BCUT2D eigenvalue weighted by atomic mass is 10.00. The fourth-order valence-corrected chi connectivity index (χ4v) is 5.98. The quantitative estimate of drug-likeness (QED) is 0.0605. The van der Waals surface area contributed by atoms with E-state index in [0.29, 0.717) is 35.9 Å². The lowest BCUT2D eigenvalue weighted by Gasteiger charge is -2.25. The van der Waals surface area contributed by atoms with Crippen molar-refractivity contribution < 1.29 is 34.1 Å². The summed E-state index contributed by atoms with van der Waals surface area (Å²) in [5.41, 5.74) is 3.87. The zero-order valence-electron chi connectivity index (χ0n) is 31.2. The highest BCUT2D eigenvalue weighted by Crippen LogP contribution is 2.24. The van der Waals surface area contributed by atoms with Crippen molar-refractivity contribution >= 4 is 17.8 Å². The number of aliphatic carboxylic acids is 1. The monoisotopic (exact) mass is 744 g/mol. The number of rotatable bonds is 20. The van der Waals surface area contributed by atoms with Crippen LogP contribution in [0.5, 0.6) is 11.5 Å². The van der Waals surface area contributed by atoms with Crippen LogP contribution in [0.25, 0.3) is 22.5 Å². The molecular weight excluding hydrogens is 697 g/mol. The lowest BCUT2D eigenvalue weighted by Crippen LogP contribution is -2.54. The Balaban J connectivity index is 1.27. The Bertz CT molecular complexity index is 1950. The molecule has 4 N–H and O–H groups in total. The molecule has 3 atom stereocenters. The summed E-state index contributed by atoms with van der Waals surface area (Å²) in [6, 6.07) is 26.9. The SMILES string of the molecule is CCCCCCCOc1ccc(-c2cnc(-c3ccc(C[C@H](NC(=O)c4ccc(OCC)cc4)C(=O)NC(C(=O)O)C(O)c4ccccc4)cc3)nc2)cc1. The zero-order valence-corrected chi connectivity index (χ0v) is 31.2. The Hall–Kier alpha value is -6.07. The highest BCUT2D eigenvalue weighted by molar-refractivity contribution is 5.98. The average Bonchev–Trinajstić information content (AvgIpc) is 3.22. The van der Waals surface area contributed by atoms with Crippen molar-refractivity contribution in [3.8, 4) is 34.0 Å². The van der Waals surface area contributed by atoms with Crippen molar-refractivity contribution in [2.75, 3.05) is 13.2 Å². The number of nitrogens with one attached hydrogen (secondary N) is 2. The minimum absolute atomic E-state index is 0.0288. The molecule has 0 saturated carbocycles. The minimum Gasteiger partial charge on any atom is -0.494 e. The van der Waals surface area contributed by atoms with E-state index < -0.39 is 36.0 Å². The molecule has 0 aliphatic carbocycles. The van der Waals surface area contributed by atoms with E-state index in [1.807, 2.05) is 43.3 Å². The van der Waals surface area contributed by atoms with E-state index in [4.69, 9.17) is 9.47 Å². The van der Waals surface area contributed by atoms with Crippen LogP contribution in [0.1, 0.15) is 73.5 Å². The highest BCUT2D eigenvalue weighted by atomic mass is 16.5. The van der Waals surface area contributed by atoms with Gasteiger partial charge in [0.05, 0.1) is 13.2 Å². The van der Waals surface area contributed by atoms with Crippen LogP contribution in [0.15, 0.2) is 116 Å². The van der Waals surface area contributed by atoms with Crippen molar-refractivity contribution in [3.63, 3.8) is 0 Å². The molecule has 0 saturated heterocycles. The normalized spacial score (nSPS) is 12.6. The predicted octanol–water partition coefficient (Wildman–Crippen LogP) is 7.20. The number of aromatic nitrogens is 2. The van der Waals surface area contributed by atoms with Crippen molar-refractivity contribution in [2.24, 2.45) is 0 Å². The van der Waals surface area contributed by atoms with Gasteiger partial charge in [-0.25, -0.2) is 14.8 Å². The molecule has 5 aromatic rings. The number of carbonyl (C=O) groups is 3. The average molecular weight is 745 g/mol. The molecule has 55 heavy (non-hydrogen) atoms. The third kappa shape index (κ3) is 11.7. The second-order valence-corrected chi connectivity index (χ2v) is 13.1. The standard InChI is InChI=1S/C44H48N4O7/c1-3-5-6-7-11-26-55-37-22-18-31(19-23-37)35-28-45-41(46-29-35)33-16-14-30(15-17-33)27-38(47-42(50)34-20-24-36(25-21-34)54-4-2)43(51)48-39(44(52)53)40(49)32-12-9-8-10-13-32/h8-10,12-25,28-29,38-40,49H,3-7,11,26-27H2,1-2H3,(H,47,50)(H,48,51)(H,52,53)/t38-,39?,40?/m0/s1. The topological polar surface area (TPSA) is 160 Å². The Morgan fingerprint density at radius 2 is 1.31 bits per heavy atom. The van der Waals surface area contributed by atoms with Crippen molar-refractivity contribution in [1.29, 1.82) is 0 Å². The fraction of sp³-hybridized carbons (Fsp3) is 0.295. The van der Waals surface area contributed by atoms with Crippen LogP contribution >= 0.6 is 0 Å². The van der Waals surface area contributed by atoms with E-state index in [9.17, 15) is 24.6 Å². The number of aliphatic hydroxyl groups excluding tert-OH is 1. The Morgan fingerprint density at radius 1 is 0.691 bits per heavy atom. The smallest absolute Gasteiger partial charge is 0.329 e. The molecule has 5 rings (SSSR count). The van der Waals surface area contributed by atoms with Crippen LogP contribution < -0.4 is 20.1 Å². The first kappa shape index (κ1) is 40.1. The predicted molar refractivity (Wildman–Crippen MR) is 211 cm³/mol. The number of unbranched alkanes of at least 4 members (excludes halogenated alkanes) is 4. The molecule has 0 radical (unpaired) electrons. The van der Waals surface area contributed by atoms with E-state index in [2.05, 4.69) is 27.5 Å². The van der Waals surface area contributed by atoms with Gasteiger partial charge in [-0.1, -0.05) is 99.3 Å². The number of ether oxygens (including phenoxy) is 2. The first-order chi connectivity index (χ1) is 26.7. The molecule has 1 heterocycles. The molecule has 4 aromatic carbocycles. The summed E-state index contributed by atoms with van der Waals surface area (Å²) in [6.07, 6.45) is 7.97. The van der Waals surface area contributed by atoms with E-state index in [1.165, 1.54) is 25.7 Å². The van der Waals surface area contributed by atoms with Gasteiger partial charge in [0.15, 0.2) is 11.9 Å². The Morgan fingerprint density at radius 3 is 1.95 bits per heavy atom. The third-order valence-corrected chi connectivity index (χ3v) is 9.08. The van der Waals surface area contributed by atoms with Gasteiger partial charge >= 0.3 is 5.97 Å². The van der Waals surface area contributed by atoms with Gasteiger partial charge in [0, 0.05) is 35.5 Å². The molecule has 11 heteroatoms. The van der Waals surface area contributed by atoms with Gasteiger partial charge in [-0.2, -0.15) is 0 Å². The second kappa shape index (κ2) is 20.4. The number of benzene rings is 4. The number of amides is 2. The van der Waals surface area contributed by atoms with Crippen molar-refractivity contribution in [1.82, 2.24) is 20.6 Å². The van der Waals surface area contributed by atoms with Crippen LogP contribution in [0.4, 0.5) is 0 Å². The van der Waals surface area contributed by atoms with Crippen LogP contribution in [-0.2, 0) is 16.0 Å². The maximum atomic E-state index is 13.7. The first-order valence-electron chi connectivity index (χ1n) is 18.7. The van der Waals surface area contributed by atoms with Gasteiger partial charge in [-0.3, -0.25) is 9.59 Å². The molecule has 286 valence electrons. The van der Waals surface area contributed by atoms with Crippen LogP contribution in [-0.4, -0.2) is 63.3 Å². The summed E-state index contributed by atoms with van der Waals surface area (Å²) < 4.78 is 11.4. The third-order valence-electron chi connectivity index (χ3n) is 9.08. The summed E-state index contributed by atoms with van der Waals surface area (Å²) in [7, 11) is 0. The van der Waals surface area contributed by atoms with E-state index in [1.54, 1.807) is 79.1 Å². The van der Waals surface area contributed by atoms with Gasteiger partial charge in [-0.05, 0) is 66.4 Å². The van der Waals surface area contributed by atoms with Crippen LogP contribution in [0.2, 0.25) is 0 Å².